The van der Waals surface area contributed by atoms with Crippen molar-refractivity contribution in [3.8, 4) is 0 Å². The molecule has 6 heteroatoms. The van der Waals surface area contributed by atoms with E-state index in [1.54, 1.807) is 0 Å². The van der Waals surface area contributed by atoms with Crippen molar-refractivity contribution in [3.63, 3.8) is 0 Å². The number of hydrogen-bond donors (Lipinski definition) is 2. The van der Waals surface area contributed by atoms with Crippen LogP contribution in [0.5, 0.6) is 0 Å². The monoisotopic (exact) mass is 340 g/mol. The van der Waals surface area contributed by atoms with Crippen molar-refractivity contribution >= 4 is 17.8 Å². The molecule has 0 fully saturated rings. The van der Waals surface area contributed by atoms with Gasteiger partial charge in [0.15, 0.2) is 0 Å². The Kier molecular flexibility index (Phi) is 6.71. The third kappa shape index (κ3) is 5.76. The van der Waals surface area contributed by atoms with Crippen LogP contribution in [-0.4, -0.2) is 30.9 Å². The van der Waals surface area contributed by atoms with Gasteiger partial charge in [0.2, 0.25) is 0 Å². The first-order chi connectivity index (χ1) is 12.1. The number of benzene rings is 2. The van der Waals surface area contributed by atoms with Crippen molar-refractivity contribution in [1.82, 2.24) is 10.6 Å². The van der Waals surface area contributed by atoms with Crippen molar-refractivity contribution < 1.29 is 19.1 Å². The Morgan fingerprint density at radius 2 is 1.44 bits per heavy atom. The summed E-state index contributed by atoms with van der Waals surface area (Å²) in [6.45, 7) is 0.231. The molecule has 130 valence electrons. The molecule has 0 aliphatic heterocycles. The largest absolute Gasteiger partial charge is 0.467 e. The maximum Gasteiger partial charge on any atom is 0.328 e. The summed E-state index contributed by atoms with van der Waals surface area (Å²) in [5, 5.41) is 4.95. The lowest BCUT2D eigenvalue weighted by Crippen LogP contribution is -2.48. The van der Waals surface area contributed by atoms with E-state index in [2.05, 4.69) is 10.6 Å². The molecule has 0 aliphatic rings. The zero-order chi connectivity index (χ0) is 18.1. The molecule has 2 N–H and O–H groups in total. The highest BCUT2D eigenvalue weighted by atomic mass is 16.5. The van der Waals surface area contributed by atoms with Crippen LogP contribution < -0.4 is 10.6 Å². The molecule has 0 unspecified atom stereocenters. The Labute approximate surface area is 146 Å². The Balaban J connectivity index is 1.93. The second-order valence-corrected chi connectivity index (χ2v) is 5.41. The lowest BCUT2D eigenvalue weighted by atomic mass is 10.1. The summed E-state index contributed by atoms with van der Waals surface area (Å²) < 4.78 is 4.71. The van der Waals surface area contributed by atoms with Gasteiger partial charge in [-0.3, -0.25) is 9.59 Å². The third-order valence-electron chi connectivity index (χ3n) is 3.58. The van der Waals surface area contributed by atoms with Gasteiger partial charge in [-0.1, -0.05) is 60.7 Å². The molecule has 0 spiro atoms. The zero-order valence-electron chi connectivity index (χ0n) is 13.9. The summed E-state index contributed by atoms with van der Waals surface area (Å²) in [5.74, 6) is -2.28. The number of nitrogens with one attached hydrogen (secondary N) is 2. The first-order valence-electron chi connectivity index (χ1n) is 7.84. The van der Waals surface area contributed by atoms with Crippen molar-refractivity contribution in [3.05, 3.63) is 71.8 Å². The van der Waals surface area contributed by atoms with Gasteiger partial charge in [-0.05, 0) is 11.1 Å². The first-order valence-corrected chi connectivity index (χ1v) is 7.84. The van der Waals surface area contributed by atoms with Crippen LogP contribution in [0.15, 0.2) is 60.7 Å². The highest BCUT2D eigenvalue weighted by molar-refractivity contribution is 6.35. The van der Waals surface area contributed by atoms with Crippen molar-refractivity contribution in [2.75, 3.05) is 7.11 Å². The lowest BCUT2D eigenvalue weighted by molar-refractivity contribution is -0.147. The van der Waals surface area contributed by atoms with E-state index in [9.17, 15) is 14.4 Å². The average molecular weight is 340 g/mol. The summed E-state index contributed by atoms with van der Waals surface area (Å²) in [6, 6.07) is 17.5. The standard InChI is InChI=1S/C19H20N2O4/c1-25-19(24)16(12-14-8-4-2-5-9-14)21-18(23)17(22)20-13-15-10-6-3-7-11-15/h2-11,16H,12-13H2,1H3,(H,20,22)(H,21,23)/t16-/m0/s1. The quantitative estimate of drug-likeness (QED) is 0.611. The highest BCUT2D eigenvalue weighted by Crippen LogP contribution is 2.04. The average Bonchev–Trinajstić information content (AvgIpc) is 2.66. The van der Waals surface area contributed by atoms with E-state index in [1.807, 2.05) is 60.7 Å². The van der Waals surface area contributed by atoms with Gasteiger partial charge in [0.1, 0.15) is 6.04 Å². The molecule has 2 aromatic rings. The Morgan fingerprint density at radius 1 is 0.880 bits per heavy atom. The number of carbonyl (C=O) groups is 3. The number of hydrogen-bond acceptors (Lipinski definition) is 4. The molecule has 2 rings (SSSR count). The molecule has 2 aromatic carbocycles. The summed E-state index contributed by atoms with van der Waals surface area (Å²) in [6.07, 6.45) is 0.241. The van der Waals surface area contributed by atoms with Crippen LogP contribution in [0.25, 0.3) is 0 Å². The first kappa shape index (κ1) is 18.2. The molecular formula is C19H20N2O4. The minimum absolute atomic E-state index is 0.231. The van der Waals surface area contributed by atoms with E-state index in [4.69, 9.17) is 4.74 Å². The van der Waals surface area contributed by atoms with Crippen molar-refractivity contribution in [1.29, 1.82) is 0 Å². The number of rotatable bonds is 6. The van der Waals surface area contributed by atoms with Gasteiger partial charge in [-0.25, -0.2) is 4.79 Å². The van der Waals surface area contributed by atoms with Gasteiger partial charge in [0, 0.05) is 13.0 Å². The normalized spacial score (nSPS) is 11.2. The van der Waals surface area contributed by atoms with Gasteiger partial charge < -0.3 is 15.4 Å². The smallest absolute Gasteiger partial charge is 0.328 e. The molecule has 25 heavy (non-hydrogen) atoms. The second-order valence-electron chi connectivity index (χ2n) is 5.41. The van der Waals surface area contributed by atoms with Gasteiger partial charge in [-0.15, -0.1) is 0 Å². The molecule has 0 aliphatic carbocycles. The SMILES string of the molecule is COC(=O)[C@H](Cc1ccccc1)NC(=O)C(=O)NCc1ccccc1. The van der Waals surface area contributed by atoms with Crippen LogP contribution in [0.1, 0.15) is 11.1 Å². The summed E-state index contributed by atoms with van der Waals surface area (Å²) in [5.41, 5.74) is 1.72. The Hall–Kier alpha value is -3.15. The van der Waals surface area contributed by atoms with Crippen molar-refractivity contribution in [2.45, 2.75) is 19.0 Å². The number of methoxy groups -OCH3 is 1. The molecule has 0 saturated heterocycles. The van der Waals surface area contributed by atoms with E-state index in [0.29, 0.717) is 0 Å². The number of carbonyl (C=O) groups excluding carboxylic acids is 3. The number of esters is 1. The molecule has 6 nitrogen and oxygen atoms in total. The van der Waals surface area contributed by atoms with Crippen LogP contribution in [-0.2, 0) is 32.1 Å². The van der Waals surface area contributed by atoms with Crippen LogP contribution >= 0.6 is 0 Å². The van der Waals surface area contributed by atoms with Crippen LogP contribution in [0.2, 0.25) is 0 Å². The van der Waals surface area contributed by atoms with Crippen LogP contribution in [0.3, 0.4) is 0 Å². The molecule has 2 amide bonds. The van der Waals surface area contributed by atoms with Gasteiger partial charge in [0.05, 0.1) is 7.11 Å². The molecule has 0 aromatic heterocycles. The number of ether oxygens (including phenoxy) is 1. The van der Waals surface area contributed by atoms with Crippen LogP contribution in [0.4, 0.5) is 0 Å². The molecular weight excluding hydrogens is 320 g/mol. The molecule has 0 bridgehead atoms. The molecule has 1 atom stereocenters. The van der Waals surface area contributed by atoms with Gasteiger partial charge >= 0.3 is 17.8 Å². The predicted octanol–water partition coefficient (Wildman–Crippen LogP) is 1.20. The Bertz CT molecular complexity index is 717. The maximum absolute atomic E-state index is 12.1. The lowest BCUT2D eigenvalue weighted by Gasteiger charge is -2.16. The summed E-state index contributed by atoms with van der Waals surface area (Å²) in [7, 11) is 1.24. The maximum atomic E-state index is 12.1. The van der Waals surface area contributed by atoms with Gasteiger partial charge in [0.25, 0.3) is 0 Å². The zero-order valence-corrected chi connectivity index (χ0v) is 13.9. The fraction of sp³-hybridized carbons (Fsp3) is 0.211. The topological polar surface area (TPSA) is 84.5 Å². The highest BCUT2D eigenvalue weighted by Gasteiger charge is 2.25. The molecule has 0 radical (unpaired) electrons. The fourth-order valence-electron chi connectivity index (χ4n) is 2.27. The van der Waals surface area contributed by atoms with E-state index in [0.717, 1.165) is 11.1 Å². The van der Waals surface area contributed by atoms with Crippen molar-refractivity contribution in [2.24, 2.45) is 0 Å². The van der Waals surface area contributed by atoms with E-state index in [-0.39, 0.29) is 13.0 Å². The third-order valence-corrected chi connectivity index (χ3v) is 3.58. The van der Waals surface area contributed by atoms with Gasteiger partial charge in [-0.2, -0.15) is 0 Å². The predicted molar refractivity (Wildman–Crippen MR) is 92.4 cm³/mol. The van der Waals surface area contributed by atoms with Crippen LogP contribution in [0, 0.1) is 0 Å². The molecule has 0 saturated carbocycles. The van der Waals surface area contributed by atoms with E-state index < -0.39 is 23.8 Å². The summed E-state index contributed by atoms with van der Waals surface area (Å²) >= 11 is 0. The number of amides is 2. The second kappa shape index (κ2) is 9.22. The minimum atomic E-state index is -0.928. The molecule has 0 heterocycles. The summed E-state index contributed by atoms with van der Waals surface area (Å²) in [4.78, 5) is 35.9. The Morgan fingerprint density at radius 3 is 2.00 bits per heavy atom. The van der Waals surface area contributed by atoms with E-state index in [1.165, 1.54) is 7.11 Å². The fourth-order valence-corrected chi connectivity index (χ4v) is 2.27. The van der Waals surface area contributed by atoms with E-state index >= 15 is 0 Å². The minimum Gasteiger partial charge on any atom is -0.467 e.